The summed E-state index contributed by atoms with van der Waals surface area (Å²) in [6, 6.07) is 6.71. The third-order valence-corrected chi connectivity index (χ3v) is 2.93. The van der Waals surface area contributed by atoms with Crippen LogP contribution in [0.4, 0.5) is 24.7 Å². The van der Waals surface area contributed by atoms with Gasteiger partial charge < -0.3 is 10.4 Å². The first-order valence-corrected chi connectivity index (χ1v) is 6.70. The van der Waals surface area contributed by atoms with Crippen molar-refractivity contribution >= 4 is 11.5 Å². The highest BCUT2D eigenvalue weighted by Gasteiger charge is 2.34. The molecule has 3 rings (SSSR count). The predicted octanol–water partition coefficient (Wildman–Crippen LogP) is 3.40. The van der Waals surface area contributed by atoms with Gasteiger partial charge in [-0.1, -0.05) is 6.07 Å². The second-order valence-electron chi connectivity index (χ2n) is 4.73. The molecular formula is C15H10F3N5O. The Balaban J connectivity index is 2.05. The maximum atomic E-state index is 13.1. The molecule has 0 amide bonds. The molecule has 0 spiro atoms. The summed E-state index contributed by atoms with van der Waals surface area (Å²) in [7, 11) is 0. The lowest BCUT2D eigenvalue weighted by molar-refractivity contribution is -0.141. The van der Waals surface area contributed by atoms with E-state index in [2.05, 4.69) is 25.3 Å². The number of nitrogens with one attached hydrogen (secondary N) is 1. The van der Waals surface area contributed by atoms with Gasteiger partial charge >= 0.3 is 6.18 Å². The SMILES string of the molecule is Oc1cccc(Nc2cc(C(F)(F)F)nc(-c3cnccn3)n2)c1. The lowest BCUT2D eigenvalue weighted by atomic mass is 10.3. The Bertz CT molecular complexity index is 855. The van der Waals surface area contributed by atoms with E-state index in [1.807, 2.05) is 0 Å². The molecule has 0 aliphatic heterocycles. The first-order chi connectivity index (χ1) is 11.4. The molecule has 0 radical (unpaired) electrons. The van der Waals surface area contributed by atoms with Crippen LogP contribution in [0.2, 0.25) is 0 Å². The topological polar surface area (TPSA) is 83.8 Å². The molecule has 2 aromatic heterocycles. The fraction of sp³-hybridized carbons (Fsp3) is 0.0667. The van der Waals surface area contributed by atoms with Crippen LogP contribution in [0.25, 0.3) is 11.5 Å². The number of benzene rings is 1. The van der Waals surface area contributed by atoms with Crippen LogP contribution in [0.15, 0.2) is 48.9 Å². The highest BCUT2D eigenvalue weighted by Crippen LogP contribution is 2.31. The average molecular weight is 333 g/mol. The van der Waals surface area contributed by atoms with E-state index in [1.54, 1.807) is 12.1 Å². The normalized spacial score (nSPS) is 11.3. The lowest BCUT2D eigenvalue weighted by Crippen LogP contribution is -2.11. The standard InChI is InChI=1S/C15H10F3N5O/c16-15(17,18)12-7-13(21-9-2-1-3-10(24)6-9)23-14(22-12)11-8-19-4-5-20-11/h1-8,24H,(H,21,22,23). The largest absolute Gasteiger partial charge is 0.508 e. The number of aromatic nitrogens is 4. The quantitative estimate of drug-likeness (QED) is 0.764. The fourth-order valence-corrected chi connectivity index (χ4v) is 1.92. The minimum absolute atomic E-state index is 0.0285. The molecule has 0 saturated heterocycles. The van der Waals surface area contributed by atoms with Gasteiger partial charge in [0.25, 0.3) is 0 Å². The number of nitrogens with zero attached hydrogens (tertiary/aromatic N) is 4. The molecule has 0 aliphatic carbocycles. The van der Waals surface area contributed by atoms with Crippen LogP contribution in [0, 0.1) is 0 Å². The number of halogens is 3. The minimum Gasteiger partial charge on any atom is -0.508 e. The average Bonchev–Trinajstić information content (AvgIpc) is 2.54. The van der Waals surface area contributed by atoms with Crippen molar-refractivity contribution in [2.24, 2.45) is 0 Å². The second kappa shape index (κ2) is 6.11. The number of phenolic OH excluding ortho intramolecular Hbond substituents is 1. The van der Waals surface area contributed by atoms with E-state index in [0.717, 1.165) is 6.07 Å². The predicted molar refractivity (Wildman–Crippen MR) is 79.4 cm³/mol. The molecule has 0 fully saturated rings. The molecule has 9 heteroatoms. The maximum absolute atomic E-state index is 13.1. The summed E-state index contributed by atoms with van der Waals surface area (Å²) in [5, 5.41) is 12.1. The van der Waals surface area contributed by atoms with E-state index in [-0.39, 0.29) is 23.1 Å². The van der Waals surface area contributed by atoms with E-state index in [9.17, 15) is 18.3 Å². The highest BCUT2D eigenvalue weighted by molar-refractivity contribution is 5.61. The second-order valence-corrected chi connectivity index (χ2v) is 4.73. The van der Waals surface area contributed by atoms with Crippen LogP contribution >= 0.6 is 0 Å². The van der Waals surface area contributed by atoms with Crippen LogP contribution in [0.5, 0.6) is 5.75 Å². The summed E-state index contributed by atoms with van der Waals surface area (Å²) < 4.78 is 39.2. The summed E-state index contributed by atoms with van der Waals surface area (Å²) in [4.78, 5) is 15.3. The van der Waals surface area contributed by atoms with Gasteiger partial charge in [0.2, 0.25) is 0 Å². The van der Waals surface area contributed by atoms with Gasteiger partial charge in [-0.3, -0.25) is 4.98 Å². The first-order valence-electron chi connectivity index (χ1n) is 6.70. The molecule has 2 N–H and O–H groups in total. The van der Waals surface area contributed by atoms with Crippen LogP contribution in [-0.4, -0.2) is 25.0 Å². The Morgan fingerprint density at radius 3 is 2.54 bits per heavy atom. The zero-order valence-electron chi connectivity index (χ0n) is 12.0. The maximum Gasteiger partial charge on any atom is 0.433 e. The molecule has 0 aliphatic rings. The molecule has 2 heterocycles. The Labute approximate surface area is 134 Å². The number of hydrogen-bond acceptors (Lipinski definition) is 6. The number of aromatic hydroxyl groups is 1. The Kier molecular flexibility index (Phi) is 3.98. The van der Waals surface area contributed by atoms with Gasteiger partial charge in [-0.15, -0.1) is 0 Å². The van der Waals surface area contributed by atoms with E-state index in [0.29, 0.717) is 5.69 Å². The molecule has 1 aromatic carbocycles. The Morgan fingerprint density at radius 2 is 1.88 bits per heavy atom. The van der Waals surface area contributed by atoms with Gasteiger partial charge in [-0.25, -0.2) is 15.0 Å². The van der Waals surface area contributed by atoms with Crippen molar-refractivity contribution in [3.8, 4) is 17.3 Å². The zero-order valence-corrected chi connectivity index (χ0v) is 12.0. The van der Waals surface area contributed by atoms with Crippen LogP contribution in [0.1, 0.15) is 5.69 Å². The molecule has 24 heavy (non-hydrogen) atoms. The third kappa shape index (κ3) is 3.57. The molecule has 122 valence electrons. The Morgan fingerprint density at radius 1 is 1.04 bits per heavy atom. The Hall–Kier alpha value is -3.23. The number of phenols is 1. The van der Waals surface area contributed by atoms with Crippen molar-refractivity contribution in [2.75, 3.05) is 5.32 Å². The number of rotatable bonds is 3. The summed E-state index contributed by atoms with van der Waals surface area (Å²) in [6.45, 7) is 0. The molecule has 0 atom stereocenters. The first kappa shape index (κ1) is 15.7. The summed E-state index contributed by atoms with van der Waals surface area (Å²) in [5.74, 6) is -0.316. The number of hydrogen-bond donors (Lipinski definition) is 2. The van der Waals surface area contributed by atoms with Crippen molar-refractivity contribution in [2.45, 2.75) is 6.18 Å². The highest BCUT2D eigenvalue weighted by atomic mass is 19.4. The molecule has 3 aromatic rings. The minimum atomic E-state index is -4.64. The van der Waals surface area contributed by atoms with Crippen LogP contribution < -0.4 is 5.32 Å². The van der Waals surface area contributed by atoms with Gasteiger partial charge in [0.15, 0.2) is 11.5 Å². The zero-order chi connectivity index (χ0) is 17.2. The van der Waals surface area contributed by atoms with Crippen molar-refractivity contribution in [1.29, 1.82) is 0 Å². The van der Waals surface area contributed by atoms with Gasteiger partial charge in [-0.05, 0) is 12.1 Å². The van der Waals surface area contributed by atoms with Crippen molar-refractivity contribution in [1.82, 2.24) is 19.9 Å². The van der Waals surface area contributed by atoms with Crippen LogP contribution in [-0.2, 0) is 6.18 Å². The van der Waals surface area contributed by atoms with E-state index in [4.69, 9.17) is 0 Å². The fourth-order valence-electron chi connectivity index (χ4n) is 1.92. The summed E-state index contributed by atoms with van der Waals surface area (Å²) >= 11 is 0. The lowest BCUT2D eigenvalue weighted by Gasteiger charge is -2.11. The van der Waals surface area contributed by atoms with Gasteiger partial charge in [-0.2, -0.15) is 13.2 Å². The monoisotopic (exact) mass is 333 g/mol. The van der Waals surface area contributed by atoms with Crippen molar-refractivity contribution < 1.29 is 18.3 Å². The third-order valence-electron chi connectivity index (χ3n) is 2.93. The molecular weight excluding hydrogens is 323 g/mol. The number of anilines is 2. The van der Waals surface area contributed by atoms with E-state index >= 15 is 0 Å². The number of alkyl halides is 3. The molecule has 6 nitrogen and oxygen atoms in total. The summed E-state index contributed by atoms with van der Waals surface area (Å²) in [6.07, 6.45) is -0.646. The smallest absolute Gasteiger partial charge is 0.433 e. The van der Waals surface area contributed by atoms with Gasteiger partial charge in [0, 0.05) is 30.2 Å². The molecule has 0 saturated carbocycles. The van der Waals surface area contributed by atoms with Gasteiger partial charge in [0.1, 0.15) is 17.3 Å². The van der Waals surface area contributed by atoms with Crippen molar-refractivity contribution in [3.63, 3.8) is 0 Å². The van der Waals surface area contributed by atoms with Crippen LogP contribution in [0.3, 0.4) is 0 Å². The van der Waals surface area contributed by atoms with Gasteiger partial charge in [0.05, 0.1) is 6.20 Å². The van der Waals surface area contributed by atoms with Crippen molar-refractivity contribution in [3.05, 3.63) is 54.6 Å². The molecule has 0 bridgehead atoms. The summed E-state index contributed by atoms with van der Waals surface area (Å²) in [5.41, 5.74) is -0.615. The van der Waals surface area contributed by atoms with E-state index in [1.165, 1.54) is 30.7 Å². The molecule has 0 unspecified atom stereocenters. The van der Waals surface area contributed by atoms with E-state index < -0.39 is 11.9 Å².